The minimum absolute atomic E-state index is 0.00849. The van der Waals surface area contributed by atoms with Gasteiger partial charge < -0.3 is 10.6 Å². The molecular formula is C13H24N2OS. The van der Waals surface area contributed by atoms with Crippen LogP contribution in [0, 0.1) is 5.41 Å². The molecule has 0 bridgehead atoms. The van der Waals surface area contributed by atoms with Crippen molar-refractivity contribution in [3.8, 4) is 0 Å². The van der Waals surface area contributed by atoms with Crippen molar-refractivity contribution in [3.63, 3.8) is 0 Å². The second-order valence-corrected chi connectivity index (χ2v) is 7.10. The Kier molecular flexibility index (Phi) is 4.36. The van der Waals surface area contributed by atoms with E-state index in [1.807, 2.05) is 11.8 Å². The van der Waals surface area contributed by atoms with Gasteiger partial charge in [-0.2, -0.15) is 11.8 Å². The first-order chi connectivity index (χ1) is 8.09. The topological polar surface area (TPSA) is 41.1 Å². The van der Waals surface area contributed by atoms with E-state index in [1.165, 1.54) is 17.9 Å². The van der Waals surface area contributed by atoms with Gasteiger partial charge in [-0.05, 0) is 49.1 Å². The van der Waals surface area contributed by atoms with Gasteiger partial charge in [0.25, 0.3) is 0 Å². The SMILES string of the molecule is CC1(C)CCCNC1C(=O)NC1CCSCC1. The first-order valence-electron chi connectivity index (χ1n) is 6.71. The van der Waals surface area contributed by atoms with Gasteiger partial charge in [-0.25, -0.2) is 0 Å². The van der Waals surface area contributed by atoms with Crippen molar-refractivity contribution in [2.24, 2.45) is 5.41 Å². The third-order valence-electron chi connectivity index (χ3n) is 3.96. The molecule has 98 valence electrons. The van der Waals surface area contributed by atoms with E-state index in [1.54, 1.807) is 0 Å². The summed E-state index contributed by atoms with van der Waals surface area (Å²) in [4.78, 5) is 12.3. The summed E-state index contributed by atoms with van der Waals surface area (Å²) in [6.45, 7) is 5.36. The van der Waals surface area contributed by atoms with Crippen LogP contribution in [0.1, 0.15) is 39.5 Å². The van der Waals surface area contributed by atoms with Crippen molar-refractivity contribution in [3.05, 3.63) is 0 Å². The molecule has 2 N–H and O–H groups in total. The molecular weight excluding hydrogens is 232 g/mol. The second-order valence-electron chi connectivity index (χ2n) is 5.87. The molecule has 0 aliphatic carbocycles. The van der Waals surface area contributed by atoms with Gasteiger partial charge >= 0.3 is 0 Å². The van der Waals surface area contributed by atoms with Crippen molar-refractivity contribution in [1.82, 2.24) is 10.6 Å². The fourth-order valence-corrected chi connectivity index (χ4v) is 3.89. The van der Waals surface area contributed by atoms with Gasteiger partial charge in [-0.15, -0.1) is 0 Å². The molecule has 4 heteroatoms. The summed E-state index contributed by atoms with van der Waals surface area (Å²) >= 11 is 1.99. The highest BCUT2D eigenvalue weighted by molar-refractivity contribution is 7.99. The molecule has 2 saturated heterocycles. The highest BCUT2D eigenvalue weighted by atomic mass is 32.2. The number of carbonyl (C=O) groups is 1. The van der Waals surface area contributed by atoms with Gasteiger partial charge in [0.15, 0.2) is 0 Å². The average molecular weight is 256 g/mol. The smallest absolute Gasteiger partial charge is 0.237 e. The van der Waals surface area contributed by atoms with Crippen molar-refractivity contribution >= 4 is 17.7 Å². The number of nitrogens with one attached hydrogen (secondary N) is 2. The monoisotopic (exact) mass is 256 g/mol. The maximum atomic E-state index is 12.3. The van der Waals surface area contributed by atoms with Gasteiger partial charge in [-0.3, -0.25) is 4.79 Å². The van der Waals surface area contributed by atoms with E-state index in [9.17, 15) is 4.79 Å². The summed E-state index contributed by atoms with van der Waals surface area (Å²) in [5, 5.41) is 6.61. The van der Waals surface area contributed by atoms with Gasteiger partial charge in [0.1, 0.15) is 0 Å². The van der Waals surface area contributed by atoms with Crippen LogP contribution in [0.15, 0.2) is 0 Å². The van der Waals surface area contributed by atoms with Crippen molar-refractivity contribution in [2.45, 2.75) is 51.6 Å². The molecule has 1 amide bonds. The Morgan fingerprint density at radius 2 is 2.06 bits per heavy atom. The number of piperidine rings is 1. The molecule has 1 unspecified atom stereocenters. The maximum Gasteiger partial charge on any atom is 0.237 e. The van der Waals surface area contributed by atoms with Crippen LogP contribution in [-0.4, -0.2) is 36.0 Å². The molecule has 2 fully saturated rings. The predicted octanol–water partition coefficient (Wildman–Crippen LogP) is 1.78. The van der Waals surface area contributed by atoms with Gasteiger partial charge in [0, 0.05) is 6.04 Å². The minimum atomic E-state index is -0.00849. The highest BCUT2D eigenvalue weighted by Gasteiger charge is 2.37. The van der Waals surface area contributed by atoms with E-state index in [4.69, 9.17) is 0 Å². The Labute approximate surface area is 108 Å². The highest BCUT2D eigenvalue weighted by Crippen LogP contribution is 2.30. The summed E-state index contributed by atoms with van der Waals surface area (Å²) in [6, 6.07) is 0.397. The first-order valence-corrected chi connectivity index (χ1v) is 7.86. The normalized spacial score (nSPS) is 29.9. The average Bonchev–Trinajstić information content (AvgIpc) is 2.29. The fraction of sp³-hybridized carbons (Fsp3) is 0.923. The molecule has 17 heavy (non-hydrogen) atoms. The summed E-state index contributed by atoms with van der Waals surface area (Å²) in [5.74, 6) is 2.59. The van der Waals surface area contributed by atoms with Crippen molar-refractivity contribution in [1.29, 1.82) is 0 Å². The molecule has 0 radical (unpaired) electrons. The summed E-state index contributed by atoms with van der Waals surface area (Å²) < 4.78 is 0. The van der Waals surface area contributed by atoms with Crippen LogP contribution < -0.4 is 10.6 Å². The number of amides is 1. The van der Waals surface area contributed by atoms with Crippen LogP contribution in [-0.2, 0) is 4.79 Å². The third kappa shape index (κ3) is 3.38. The molecule has 3 nitrogen and oxygen atoms in total. The molecule has 0 aromatic heterocycles. The Bertz CT molecular complexity index is 275. The van der Waals surface area contributed by atoms with E-state index >= 15 is 0 Å². The van der Waals surface area contributed by atoms with Crippen LogP contribution in [0.2, 0.25) is 0 Å². The quantitative estimate of drug-likeness (QED) is 0.791. The van der Waals surface area contributed by atoms with E-state index in [0.717, 1.165) is 25.8 Å². The lowest BCUT2D eigenvalue weighted by Gasteiger charge is -2.39. The van der Waals surface area contributed by atoms with Crippen LogP contribution in [0.25, 0.3) is 0 Å². The van der Waals surface area contributed by atoms with Gasteiger partial charge in [-0.1, -0.05) is 13.8 Å². The summed E-state index contributed by atoms with van der Waals surface area (Å²) in [6.07, 6.45) is 4.57. The largest absolute Gasteiger partial charge is 0.352 e. The molecule has 0 aromatic carbocycles. The molecule has 2 heterocycles. The van der Waals surface area contributed by atoms with Crippen LogP contribution in [0.4, 0.5) is 0 Å². The summed E-state index contributed by atoms with van der Waals surface area (Å²) in [5.41, 5.74) is 0.0890. The zero-order valence-corrected chi connectivity index (χ0v) is 11.7. The Morgan fingerprint density at radius 3 is 2.71 bits per heavy atom. The molecule has 0 aromatic rings. The Morgan fingerprint density at radius 1 is 1.35 bits per heavy atom. The van der Waals surface area contributed by atoms with E-state index in [0.29, 0.717) is 6.04 Å². The van der Waals surface area contributed by atoms with E-state index in [2.05, 4.69) is 24.5 Å². The lowest BCUT2D eigenvalue weighted by molar-refractivity contribution is -0.127. The number of rotatable bonds is 2. The number of hydrogen-bond acceptors (Lipinski definition) is 3. The third-order valence-corrected chi connectivity index (χ3v) is 5.01. The van der Waals surface area contributed by atoms with E-state index < -0.39 is 0 Å². The predicted molar refractivity (Wildman–Crippen MR) is 73.3 cm³/mol. The van der Waals surface area contributed by atoms with Gasteiger partial charge in [0.2, 0.25) is 5.91 Å². The minimum Gasteiger partial charge on any atom is -0.352 e. The van der Waals surface area contributed by atoms with Gasteiger partial charge in [0.05, 0.1) is 6.04 Å². The van der Waals surface area contributed by atoms with Crippen molar-refractivity contribution in [2.75, 3.05) is 18.1 Å². The molecule has 0 saturated carbocycles. The zero-order valence-electron chi connectivity index (χ0n) is 10.9. The molecule has 2 aliphatic rings. The molecule has 2 aliphatic heterocycles. The standard InChI is InChI=1S/C13H24N2OS/c1-13(2)6-3-7-14-11(13)12(16)15-10-4-8-17-9-5-10/h10-11,14H,3-9H2,1-2H3,(H,15,16). The Balaban J connectivity index is 1.89. The second kappa shape index (κ2) is 5.61. The van der Waals surface area contributed by atoms with Crippen LogP contribution in [0.5, 0.6) is 0 Å². The van der Waals surface area contributed by atoms with Crippen molar-refractivity contribution < 1.29 is 4.79 Å². The Hall–Kier alpha value is -0.220. The zero-order chi connectivity index (χ0) is 12.3. The number of hydrogen-bond donors (Lipinski definition) is 2. The summed E-state index contributed by atoms with van der Waals surface area (Å²) in [7, 11) is 0. The maximum absolute atomic E-state index is 12.3. The lowest BCUT2D eigenvalue weighted by atomic mass is 9.77. The van der Waals surface area contributed by atoms with Crippen LogP contribution >= 0.6 is 11.8 Å². The number of thioether (sulfide) groups is 1. The van der Waals surface area contributed by atoms with E-state index in [-0.39, 0.29) is 17.4 Å². The molecule has 1 atom stereocenters. The first kappa shape index (κ1) is 13.2. The molecule has 2 rings (SSSR count). The lowest BCUT2D eigenvalue weighted by Crippen LogP contribution is -2.57. The fourth-order valence-electron chi connectivity index (χ4n) is 2.79. The van der Waals surface area contributed by atoms with Crippen LogP contribution in [0.3, 0.4) is 0 Å². The number of carbonyl (C=O) groups excluding carboxylic acids is 1. The molecule has 0 spiro atoms.